The van der Waals surface area contributed by atoms with Gasteiger partial charge in [-0.1, -0.05) is 12.1 Å². The zero-order chi connectivity index (χ0) is 19.2. The monoisotopic (exact) mass is 370 g/mol. The highest BCUT2D eigenvalue weighted by molar-refractivity contribution is 5.96. The first-order valence-electron chi connectivity index (χ1n) is 8.69. The Morgan fingerprint density at radius 1 is 1.11 bits per heavy atom. The standard InChI is InChI=1S/C20H22N2O5/c1-20-11-14(13-6-5-7-16(25-3)18(13)27-20)21-19(23)22(20)15-9-8-12(24-2)10-17(15)26-4/h5-10,14H,11H2,1-4H3,(H,21,23). The Hall–Kier alpha value is -3.09. The number of fused-ring (bicyclic) bond motifs is 4. The van der Waals surface area contributed by atoms with Gasteiger partial charge in [0.15, 0.2) is 17.2 Å². The van der Waals surface area contributed by atoms with Crippen LogP contribution in [0.4, 0.5) is 10.5 Å². The van der Waals surface area contributed by atoms with E-state index in [1.165, 1.54) is 0 Å². The topological polar surface area (TPSA) is 69.3 Å². The van der Waals surface area contributed by atoms with Crippen LogP contribution < -0.4 is 29.2 Å². The molecular formula is C20H22N2O5. The van der Waals surface area contributed by atoms with Gasteiger partial charge in [-0.05, 0) is 25.1 Å². The number of nitrogens with zero attached hydrogens (tertiary/aromatic N) is 1. The largest absolute Gasteiger partial charge is 0.497 e. The van der Waals surface area contributed by atoms with Gasteiger partial charge in [0, 0.05) is 18.1 Å². The molecule has 0 spiro atoms. The van der Waals surface area contributed by atoms with Crippen molar-refractivity contribution in [3.8, 4) is 23.0 Å². The fourth-order valence-corrected chi connectivity index (χ4v) is 3.86. The van der Waals surface area contributed by atoms with Crippen LogP contribution >= 0.6 is 0 Å². The molecule has 1 saturated heterocycles. The number of para-hydroxylation sites is 1. The molecule has 1 N–H and O–H groups in total. The van der Waals surface area contributed by atoms with Crippen molar-refractivity contribution in [2.24, 2.45) is 0 Å². The fourth-order valence-electron chi connectivity index (χ4n) is 3.86. The first kappa shape index (κ1) is 17.3. The highest BCUT2D eigenvalue weighted by Crippen LogP contribution is 2.50. The second-order valence-corrected chi connectivity index (χ2v) is 6.74. The molecule has 2 amide bonds. The summed E-state index contributed by atoms with van der Waals surface area (Å²) in [5.41, 5.74) is 0.632. The minimum absolute atomic E-state index is 0.151. The molecule has 2 heterocycles. The highest BCUT2D eigenvalue weighted by Gasteiger charge is 2.51. The molecule has 2 bridgehead atoms. The van der Waals surface area contributed by atoms with Crippen LogP contribution in [0.15, 0.2) is 36.4 Å². The van der Waals surface area contributed by atoms with Crippen molar-refractivity contribution in [2.45, 2.75) is 25.1 Å². The van der Waals surface area contributed by atoms with Crippen LogP contribution in [-0.2, 0) is 0 Å². The molecule has 0 aromatic heterocycles. The zero-order valence-electron chi connectivity index (χ0n) is 15.7. The Labute approximate surface area is 157 Å². The lowest BCUT2D eigenvalue weighted by atomic mass is 9.90. The molecule has 2 aliphatic heterocycles. The minimum atomic E-state index is -0.892. The molecule has 4 rings (SSSR count). The summed E-state index contributed by atoms with van der Waals surface area (Å²) in [5.74, 6) is 2.46. The molecule has 2 atom stereocenters. The SMILES string of the molecule is COc1ccc(N2C(=O)NC3CC2(C)Oc2c(OC)cccc23)c(OC)c1. The van der Waals surface area contributed by atoms with Gasteiger partial charge in [-0.2, -0.15) is 0 Å². The Balaban J connectivity index is 1.82. The van der Waals surface area contributed by atoms with Gasteiger partial charge < -0.3 is 24.3 Å². The number of ether oxygens (including phenoxy) is 4. The van der Waals surface area contributed by atoms with E-state index in [0.717, 1.165) is 5.56 Å². The van der Waals surface area contributed by atoms with Gasteiger partial charge in [-0.3, -0.25) is 4.90 Å². The maximum Gasteiger partial charge on any atom is 0.325 e. The van der Waals surface area contributed by atoms with E-state index in [4.69, 9.17) is 18.9 Å². The summed E-state index contributed by atoms with van der Waals surface area (Å²) in [6, 6.07) is 10.6. The molecule has 1 fully saturated rings. The van der Waals surface area contributed by atoms with Gasteiger partial charge in [-0.15, -0.1) is 0 Å². The Kier molecular flexibility index (Phi) is 4.02. The molecule has 7 nitrogen and oxygen atoms in total. The van der Waals surface area contributed by atoms with Gasteiger partial charge in [0.05, 0.1) is 33.1 Å². The summed E-state index contributed by atoms with van der Waals surface area (Å²) < 4.78 is 22.6. The molecule has 0 saturated carbocycles. The van der Waals surface area contributed by atoms with Crippen LogP contribution in [0.1, 0.15) is 24.9 Å². The normalized spacial score (nSPS) is 23.0. The molecule has 2 unspecified atom stereocenters. The Morgan fingerprint density at radius 2 is 1.89 bits per heavy atom. The number of hydrogen-bond donors (Lipinski definition) is 1. The number of nitrogens with one attached hydrogen (secondary N) is 1. The summed E-state index contributed by atoms with van der Waals surface area (Å²) >= 11 is 0. The molecule has 0 aliphatic carbocycles. The van der Waals surface area contributed by atoms with Gasteiger partial charge >= 0.3 is 6.03 Å². The van der Waals surface area contributed by atoms with Crippen LogP contribution in [0.3, 0.4) is 0 Å². The maximum atomic E-state index is 13.0. The van der Waals surface area contributed by atoms with Crippen molar-refractivity contribution < 1.29 is 23.7 Å². The number of rotatable bonds is 4. The van der Waals surface area contributed by atoms with E-state index in [0.29, 0.717) is 35.1 Å². The van der Waals surface area contributed by atoms with Gasteiger partial charge in [0.2, 0.25) is 0 Å². The number of benzene rings is 2. The van der Waals surface area contributed by atoms with Crippen molar-refractivity contribution in [1.82, 2.24) is 5.32 Å². The predicted molar refractivity (Wildman–Crippen MR) is 99.9 cm³/mol. The van der Waals surface area contributed by atoms with Crippen LogP contribution in [0, 0.1) is 0 Å². The van der Waals surface area contributed by atoms with Crippen molar-refractivity contribution in [2.75, 3.05) is 26.2 Å². The molecule has 0 radical (unpaired) electrons. The average Bonchev–Trinajstić information content (AvgIpc) is 2.67. The van der Waals surface area contributed by atoms with Crippen molar-refractivity contribution in [3.05, 3.63) is 42.0 Å². The molecule has 2 aromatic carbocycles. The average molecular weight is 370 g/mol. The zero-order valence-corrected chi connectivity index (χ0v) is 15.7. The summed E-state index contributed by atoms with van der Waals surface area (Å²) in [6.45, 7) is 1.90. The van der Waals surface area contributed by atoms with E-state index in [-0.39, 0.29) is 12.1 Å². The lowest BCUT2D eigenvalue weighted by Crippen LogP contribution is -2.65. The predicted octanol–water partition coefficient (Wildman–Crippen LogP) is 3.48. The second-order valence-electron chi connectivity index (χ2n) is 6.74. The van der Waals surface area contributed by atoms with E-state index in [2.05, 4.69) is 5.32 Å². The van der Waals surface area contributed by atoms with E-state index in [1.807, 2.05) is 25.1 Å². The smallest absolute Gasteiger partial charge is 0.325 e. The number of methoxy groups -OCH3 is 3. The third-order valence-corrected chi connectivity index (χ3v) is 5.11. The molecule has 7 heteroatoms. The number of urea groups is 1. The quantitative estimate of drug-likeness (QED) is 0.892. The third-order valence-electron chi connectivity index (χ3n) is 5.11. The van der Waals surface area contributed by atoms with Crippen LogP contribution in [0.25, 0.3) is 0 Å². The molecule has 2 aliphatic rings. The third kappa shape index (κ3) is 2.61. The first-order valence-corrected chi connectivity index (χ1v) is 8.69. The minimum Gasteiger partial charge on any atom is -0.497 e. The van der Waals surface area contributed by atoms with E-state index < -0.39 is 5.72 Å². The van der Waals surface area contributed by atoms with Crippen LogP contribution in [-0.4, -0.2) is 33.1 Å². The molecule has 27 heavy (non-hydrogen) atoms. The fraction of sp³-hybridized carbons (Fsp3) is 0.350. The maximum absolute atomic E-state index is 13.0. The lowest BCUT2D eigenvalue weighted by molar-refractivity contribution is 0.0346. The van der Waals surface area contributed by atoms with Gasteiger partial charge in [0.1, 0.15) is 11.5 Å². The number of amides is 2. The number of carbonyl (C=O) groups excluding carboxylic acids is 1. The Morgan fingerprint density at radius 3 is 2.59 bits per heavy atom. The number of hydrogen-bond acceptors (Lipinski definition) is 5. The summed E-state index contributed by atoms with van der Waals surface area (Å²) in [5, 5.41) is 3.07. The van der Waals surface area contributed by atoms with Crippen LogP contribution in [0.5, 0.6) is 23.0 Å². The first-order chi connectivity index (χ1) is 13.0. The van der Waals surface area contributed by atoms with Gasteiger partial charge in [0.25, 0.3) is 0 Å². The van der Waals surface area contributed by atoms with Crippen molar-refractivity contribution >= 4 is 11.7 Å². The molecule has 142 valence electrons. The highest BCUT2D eigenvalue weighted by atomic mass is 16.5. The van der Waals surface area contributed by atoms with Crippen molar-refractivity contribution in [1.29, 1.82) is 0 Å². The number of anilines is 1. The summed E-state index contributed by atoms with van der Waals surface area (Å²) in [7, 11) is 4.75. The second kappa shape index (κ2) is 6.26. The van der Waals surface area contributed by atoms with E-state index in [9.17, 15) is 4.79 Å². The molecule has 2 aromatic rings. The van der Waals surface area contributed by atoms with E-state index >= 15 is 0 Å². The Bertz CT molecular complexity index is 900. The van der Waals surface area contributed by atoms with E-state index in [1.54, 1.807) is 44.4 Å². The lowest BCUT2D eigenvalue weighted by Gasteiger charge is -2.50. The van der Waals surface area contributed by atoms with Gasteiger partial charge in [-0.25, -0.2) is 4.79 Å². The van der Waals surface area contributed by atoms with Crippen LogP contribution in [0.2, 0.25) is 0 Å². The number of carbonyl (C=O) groups is 1. The summed E-state index contributed by atoms with van der Waals surface area (Å²) in [4.78, 5) is 14.6. The van der Waals surface area contributed by atoms with Crippen molar-refractivity contribution in [3.63, 3.8) is 0 Å². The summed E-state index contributed by atoms with van der Waals surface area (Å²) in [6.07, 6.45) is 0.591. The molecular weight excluding hydrogens is 348 g/mol.